The monoisotopic (exact) mass is 572 g/mol. The Morgan fingerprint density at radius 1 is 1.20 bits per heavy atom. The molecule has 30 heavy (non-hydrogen) atoms. The molecule has 1 aliphatic rings. The zero-order valence-electron chi connectivity index (χ0n) is 16.5. The molecule has 0 radical (unpaired) electrons. The predicted molar refractivity (Wildman–Crippen MR) is 131 cm³/mol. The molecule has 0 saturated carbocycles. The average molecular weight is 575 g/mol. The Morgan fingerprint density at radius 3 is 2.60 bits per heavy atom. The van der Waals surface area contributed by atoms with Crippen LogP contribution in [-0.4, -0.2) is 36.2 Å². The summed E-state index contributed by atoms with van der Waals surface area (Å²) in [5.74, 6) is 1.14. The van der Waals surface area contributed by atoms with Gasteiger partial charge in [0.25, 0.3) is 5.91 Å². The Hall–Kier alpha value is -1.48. The van der Waals surface area contributed by atoms with E-state index in [1.54, 1.807) is 18.1 Å². The third-order valence-electron chi connectivity index (χ3n) is 4.17. The zero-order valence-corrected chi connectivity index (χ0v) is 21.3. The molecule has 3 rings (SSSR count). The van der Waals surface area contributed by atoms with Crippen LogP contribution >= 0.6 is 55.2 Å². The minimum Gasteiger partial charge on any atom is -0.493 e. The van der Waals surface area contributed by atoms with E-state index in [0.29, 0.717) is 45.4 Å². The molecule has 1 aliphatic heterocycles. The smallest absolute Gasteiger partial charge is 0.266 e. The number of ether oxygens (including phenoxy) is 2. The fourth-order valence-electron chi connectivity index (χ4n) is 2.79. The van der Waals surface area contributed by atoms with Gasteiger partial charge in [0.15, 0.2) is 16.7 Å². The summed E-state index contributed by atoms with van der Waals surface area (Å²) in [6, 6.07) is 9.18. The molecule has 158 valence electrons. The first kappa shape index (κ1) is 23.2. The first-order chi connectivity index (χ1) is 14.4. The van der Waals surface area contributed by atoms with Crippen molar-refractivity contribution >= 4 is 78.1 Å². The molecule has 1 saturated heterocycles. The summed E-state index contributed by atoms with van der Waals surface area (Å²) < 4.78 is 12.6. The molecule has 2 aromatic rings. The van der Waals surface area contributed by atoms with E-state index in [1.807, 2.05) is 44.2 Å². The number of hydrogen-bond acceptors (Lipinski definition) is 5. The van der Waals surface area contributed by atoms with E-state index in [2.05, 4.69) is 36.9 Å². The van der Waals surface area contributed by atoms with Crippen LogP contribution in [-0.2, 0) is 4.79 Å². The first-order valence-corrected chi connectivity index (χ1v) is 11.9. The van der Waals surface area contributed by atoms with E-state index in [4.69, 9.17) is 21.1 Å². The van der Waals surface area contributed by atoms with Gasteiger partial charge in [-0.3, -0.25) is 9.69 Å². The second-order valence-corrected chi connectivity index (χ2v) is 9.24. The summed E-state index contributed by atoms with van der Waals surface area (Å²) in [6.45, 7) is 4.87. The molecule has 0 unspecified atom stereocenters. The van der Waals surface area contributed by atoms with Crippen molar-refractivity contribution in [1.29, 1.82) is 0 Å². The lowest BCUT2D eigenvalue weighted by Gasteiger charge is -2.12. The fraction of sp³-hybridized carbons (Fsp3) is 0.238. The molecular weight excluding hydrogens is 556 g/mol. The van der Waals surface area contributed by atoms with E-state index >= 15 is 0 Å². The number of methoxy groups -OCH3 is 1. The first-order valence-electron chi connectivity index (χ1n) is 9.13. The third kappa shape index (κ3) is 5.04. The van der Waals surface area contributed by atoms with Gasteiger partial charge in [-0.1, -0.05) is 11.6 Å². The summed E-state index contributed by atoms with van der Waals surface area (Å²) in [6.07, 6.45) is 1.83. The molecule has 1 amide bonds. The molecule has 2 aromatic carbocycles. The molecule has 0 N–H and O–H groups in total. The number of carbonyl (C=O) groups is 1. The topological polar surface area (TPSA) is 51.1 Å². The summed E-state index contributed by atoms with van der Waals surface area (Å²) >= 11 is 14.4. The van der Waals surface area contributed by atoms with Crippen molar-refractivity contribution in [3.8, 4) is 11.5 Å². The van der Waals surface area contributed by atoms with Crippen LogP contribution in [0, 0.1) is 0 Å². The SMILES string of the molecule is CCOc1c(Br)cc(/C=C2\SC(=Nc3ccc(Br)c(Cl)c3)N(CC)C2=O)cc1OC. The number of carbonyl (C=O) groups excluding carboxylic acids is 1. The van der Waals surface area contributed by atoms with Crippen LogP contribution in [0.2, 0.25) is 5.02 Å². The Morgan fingerprint density at radius 2 is 1.97 bits per heavy atom. The molecule has 5 nitrogen and oxygen atoms in total. The van der Waals surface area contributed by atoms with E-state index < -0.39 is 0 Å². The summed E-state index contributed by atoms with van der Waals surface area (Å²) in [5.41, 5.74) is 1.51. The maximum Gasteiger partial charge on any atom is 0.266 e. The van der Waals surface area contributed by atoms with E-state index in [-0.39, 0.29) is 5.91 Å². The quantitative estimate of drug-likeness (QED) is 0.353. The molecular formula is C21H19Br2ClN2O3S. The average Bonchev–Trinajstić information content (AvgIpc) is 3.00. The maximum absolute atomic E-state index is 12.9. The molecule has 0 aliphatic carbocycles. The van der Waals surface area contributed by atoms with Gasteiger partial charge in [-0.25, -0.2) is 4.99 Å². The van der Waals surface area contributed by atoms with Crippen molar-refractivity contribution in [1.82, 2.24) is 4.90 Å². The van der Waals surface area contributed by atoms with Gasteiger partial charge < -0.3 is 9.47 Å². The van der Waals surface area contributed by atoms with Gasteiger partial charge in [0.1, 0.15) is 0 Å². The van der Waals surface area contributed by atoms with Crippen LogP contribution in [0.5, 0.6) is 11.5 Å². The van der Waals surface area contributed by atoms with Crippen LogP contribution in [0.15, 0.2) is 49.2 Å². The van der Waals surface area contributed by atoms with Crippen molar-refractivity contribution in [3.05, 3.63) is 54.8 Å². The highest BCUT2D eigenvalue weighted by molar-refractivity contribution is 9.10. The normalized spacial score (nSPS) is 16.6. The van der Waals surface area contributed by atoms with E-state index in [0.717, 1.165) is 14.5 Å². The van der Waals surface area contributed by atoms with Crippen LogP contribution in [0.1, 0.15) is 19.4 Å². The molecule has 1 heterocycles. The second-order valence-electron chi connectivity index (χ2n) is 6.12. The Bertz CT molecular complexity index is 1040. The Balaban J connectivity index is 1.96. The summed E-state index contributed by atoms with van der Waals surface area (Å²) in [5, 5.41) is 1.18. The second kappa shape index (κ2) is 10.2. The van der Waals surface area contributed by atoms with Crippen LogP contribution < -0.4 is 9.47 Å². The van der Waals surface area contributed by atoms with Gasteiger partial charge in [-0.05, 0) is 99.4 Å². The van der Waals surface area contributed by atoms with Crippen molar-refractivity contribution in [2.24, 2.45) is 4.99 Å². The molecule has 1 fully saturated rings. The number of aliphatic imine (C=N–C) groups is 1. The van der Waals surface area contributed by atoms with Crippen LogP contribution in [0.25, 0.3) is 6.08 Å². The predicted octanol–water partition coefficient (Wildman–Crippen LogP) is 6.90. The highest BCUT2D eigenvalue weighted by Crippen LogP contribution is 2.39. The molecule has 9 heteroatoms. The lowest BCUT2D eigenvalue weighted by molar-refractivity contribution is -0.122. The lowest BCUT2D eigenvalue weighted by Crippen LogP contribution is -2.28. The lowest BCUT2D eigenvalue weighted by atomic mass is 10.2. The van der Waals surface area contributed by atoms with Crippen molar-refractivity contribution in [2.45, 2.75) is 13.8 Å². The van der Waals surface area contributed by atoms with Crippen LogP contribution in [0.3, 0.4) is 0 Å². The van der Waals surface area contributed by atoms with E-state index in [9.17, 15) is 4.79 Å². The van der Waals surface area contributed by atoms with E-state index in [1.165, 1.54) is 11.8 Å². The zero-order chi connectivity index (χ0) is 21.8. The Kier molecular flexibility index (Phi) is 7.90. The number of thioether (sulfide) groups is 1. The molecule has 0 spiro atoms. The van der Waals surface area contributed by atoms with Gasteiger partial charge in [0.2, 0.25) is 0 Å². The largest absolute Gasteiger partial charge is 0.493 e. The van der Waals surface area contributed by atoms with Gasteiger partial charge in [-0.15, -0.1) is 0 Å². The fourth-order valence-corrected chi connectivity index (χ4v) is 4.85. The van der Waals surface area contributed by atoms with Crippen molar-refractivity contribution in [3.63, 3.8) is 0 Å². The number of halogens is 3. The number of hydrogen-bond donors (Lipinski definition) is 0. The number of nitrogens with zero attached hydrogens (tertiary/aromatic N) is 2. The summed E-state index contributed by atoms with van der Waals surface area (Å²) in [4.78, 5) is 19.8. The molecule has 0 bridgehead atoms. The van der Waals surface area contributed by atoms with Gasteiger partial charge in [0.05, 0.1) is 33.8 Å². The van der Waals surface area contributed by atoms with Crippen molar-refractivity contribution < 1.29 is 14.3 Å². The molecule has 0 atom stereocenters. The maximum atomic E-state index is 12.9. The van der Waals surface area contributed by atoms with Gasteiger partial charge in [-0.2, -0.15) is 0 Å². The Labute approximate surface area is 201 Å². The summed E-state index contributed by atoms with van der Waals surface area (Å²) in [7, 11) is 1.59. The number of rotatable bonds is 6. The standard InChI is InChI=1S/C21H19Br2ClN2O3S/c1-4-26-20(27)18(30-21(26)25-13-6-7-14(22)16(24)11-13)10-12-8-15(23)19(29-5-2)17(9-12)28-3/h6-11H,4-5H2,1-3H3/b18-10-,25-21?. The molecule has 0 aromatic heterocycles. The van der Waals surface area contributed by atoms with Gasteiger partial charge >= 0.3 is 0 Å². The minimum absolute atomic E-state index is 0.0894. The van der Waals surface area contributed by atoms with Crippen molar-refractivity contribution in [2.75, 3.05) is 20.3 Å². The highest BCUT2D eigenvalue weighted by Gasteiger charge is 2.32. The minimum atomic E-state index is -0.0894. The van der Waals surface area contributed by atoms with Crippen LogP contribution in [0.4, 0.5) is 5.69 Å². The number of amidine groups is 1. The number of benzene rings is 2. The highest BCUT2D eigenvalue weighted by atomic mass is 79.9. The number of amides is 1. The number of likely N-dealkylation sites (N-methyl/N-ethyl adjacent to an activating group) is 1. The third-order valence-corrected chi connectivity index (χ3v) is 7.00. The van der Waals surface area contributed by atoms with Gasteiger partial charge in [0, 0.05) is 11.0 Å².